The van der Waals surface area contributed by atoms with Crippen molar-refractivity contribution in [3.8, 4) is 0 Å². The van der Waals surface area contributed by atoms with E-state index in [9.17, 15) is 4.79 Å². The number of hydrogen-bond donors (Lipinski definition) is 2. The molecule has 1 saturated heterocycles. The Balaban J connectivity index is 1.86. The Kier molecular flexibility index (Phi) is 4.80. The molecule has 1 aliphatic rings. The predicted octanol–water partition coefficient (Wildman–Crippen LogP) is 2.54. The number of likely N-dealkylation sites (tertiary alicyclic amines) is 1. The number of nitrogens with zero attached hydrogens (tertiary/aromatic N) is 1. The van der Waals surface area contributed by atoms with Gasteiger partial charge in [-0.25, -0.2) is 0 Å². The first-order valence-corrected chi connectivity index (χ1v) is 7.02. The van der Waals surface area contributed by atoms with Crippen molar-refractivity contribution in [2.75, 3.05) is 30.8 Å². The zero-order chi connectivity index (χ0) is 13.7. The summed E-state index contributed by atoms with van der Waals surface area (Å²) in [6, 6.07) is 8.52. The van der Waals surface area contributed by atoms with E-state index in [-0.39, 0.29) is 5.91 Å². The van der Waals surface area contributed by atoms with Gasteiger partial charge in [0, 0.05) is 23.8 Å². The molecule has 0 atom stereocenters. The molecule has 0 unspecified atom stereocenters. The normalized spacial score (nSPS) is 17.2. The number of amides is 1. The van der Waals surface area contributed by atoms with Crippen LogP contribution in [0.5, 0.6) is 0 Å². The quantitative estimate of drug-likeness (QED) is 0.875. The lowest BCUT2D eigenvalue weighted by atomic mass is 10.1. The highest BCUT2D eigenvalue weighted by Crippen LogP contribution is 2.18. The maximum atomic E-state index is 11.3. The number of hydrogen-bond acceptors (Lipinski definition) is 3. The number of rotatable bonds is 4. The van der Waals surface area contributed by atoms with E-state index in [1.807, 2.05) is 31.2 Å². The lowest BCUT2D eigenvalue weighted by Crippen LogP contribution is -2.36. The third kappa shape index (κ3) is 4.24. The minimum Gasteiger partial charge on any atom is -0.382 e. The highest BCUT2D eigenvalue weighted by atomic mass is 16.1. The molecule has 1 heterocycles. The van der Waals surface area contributed by atoms with Crippen LogP contribution in [0.4, 0.5) is 11.4 Å². The first-order valence-electron chi connectivity index (χ1n) is 7.02. The second-order valence-corrected chi connectivity index (χ2v) is 5.20. The number of carbonyl (C=O) groups is 1. The van der Waals surface area contributed by atoms with Crippen LogP contribution in [0.15, 0.2) is 24.3 Å². The van der Waals surface area contributed by atoms with Crippen LogP contribution < -0.4 is 10.6 Å². The van der Waals surface area contributed by atoms with Crippen LogP contribution in [0.2, 0.25) is 0 Å². The molecular formula is C15H23N3O. The molecule has 104 valence electrons. The van der Waals surface area contributed by atoms with Crippen LogP contribution in [0.3, 0.4) is 0 Å². The Morgan fingerprint density at radius 3 is 2.37 bits per heavy atom. The van der Waals surface area contributed by atoms with E-state index in [2.05, 4.69) is 22.6 Å². The highest BCUT2D eigenvalue weighted by molar-refractivity contribution is 5.90. The lowest BCUT2D eigenvalue weighted by Gasteiger charge is -2.30. The van der Waals surface area contributed by atoms with Gasteiger partial charge in [-0.15, -0.1) is 0 Å². The Bertz CT molecular complexity index is 408. The van der Waals surface area contributed by atoms with Gasteiger partial charge in [0.25, 0.3) is 0 Å². The topological polar surface area (TPSA) is 44.4 Å². The number of nitrogens with one attached hydrogen (secondary N) is 2. The predicted molar refractivity (Wildman–Crippen MR) is 79.5 cm³/mol. The summed E-state index contributed by atoms with van der Waals surface area (Å²) in [6.45, 7) is 4.16. The summed E-state index contributed by atoms with van der Waals surface area (Å²) in [5, 5.41) is 6.41. The molecule has 4 heteroatoms. The van der Waals surface area contributed by atoms with Gasteiger partial charge in [-0.3, -0.25) is 4.79 Å². The summed E-state index contributed by atoms with van der Waals surface area (Å²) in [4.78, 5) is 13.6. The molecule has 2 N–H and O–H groups in total. The van der Waals surface area contributed by atoms with Crippen molar-refractivity contribution in [1.82, 2.24) is 4.90 Å². The fraction of sp³-hybridized carbons (Fsp3) is 0.533. The molecule has 0 saturated carbocycles. The summed E-state index contributed by atoms with van der Waals surface area (Å²) in [7, 11) is 2.17. The van der Waals surface area contributed by atoms with E-state index in [0.29, 0.717) is 12.5 Å². The molecule has 2 rings (SSSR count). The van der Waals surface area contributed by atoms with Crippen molar-refractivity contribution in [3.05, 3.63) is 24.3 Å². The smallest absolute Gasteiger partial charge is 0.224 e. The van der Waals surface area contributed by atoms with Gasteiger partial charge in [-0.1, -0.05) is 6.92 Å². The van der Waals surface area contributed by atoms with Gasteiger partial charge in [0.15, 0.2) is 0 Å². The van der Waals surface area contributed by atoms with E-state index in [0.717, 1.165) is 24.5 Å². The summed E-state index contributed by atoms with van der Waals surface area (Å²) in [6.07, 6.45) is 2.88. The minimum absolute atomic E-state index is 0.0519. The van der Waals surface area contributed by atoms with Crippen molar-refractivity contribution < 1.29 is 4.79 Å². The summed E-state index contributed by atoms with van der Waals surface area (Å²) >= 11 is 0. The SMILES string of the molecule is CCC(=O)Nc1ccc(NC2CCN(C)CC2)cc1. The van der Waals surface area contributed by atoms with Gasteiger partial charge in [-0.2, -0.15) is 0 Å². The number of carbonyl (C=O) groups excluding carboxylic acids is 1. The molecule has 1 aliphatic heterocycles. The van der Waals surface area contributed by atoms with Crippen molar-refractivity contribution in [2.24, 2.45) is 0 Å². The van der Waals surface area contributed by atoms with E-state index < -0.39 is 0 Å². The van der Waals surface area contributed by atoms with E-state index in [4.69, 9.17) is 0 Å². The largest absolute Gasteiger partial charge is 0.382 e. The average Bonchev–Trinajstić information content (AvgIpc) is 2.43. The zero-order valence-electron chi connectivity index (χ0n) is 11.8. The van der Waals surface area contributed by atoms with Crippen LogP contribution in [0, 0.1) is 0 Å². The Morgan fingerprint density at radius 1 is 1.21 bits per heavy atom. The number of benzene rings is 1. The van der Waals surface area contributed by atoms with Gasteiger partial charge >= 0.3 is 0 Å². The van der Waals surface area contributed by atoms with Gasteiger partial charge in [0.05, 0.1) is 0 Å². The molecule has 0 bridgehead atoms. The van der Waals surface area contributed by atoms with E-state index in [1.54, 1.807) is 0 Å². The molecule has 19 heavy (non-hydrogen) atoms. The Morgan fingerprint density at radius 2 is 1.79 bits per heavy atom. The first-order chi connectivity index (χ1) is 9.17. The minimum atomic E-state index is 0.0519. The van der Waals surface area contributed by atoms with Gasteiger partial charge in [0.1, 0.15) is 0 Å². The molecule has 1 aromatic carbocycles. The molecule has 0 aliphatic carbocycles. The van der Waals surface area contributed by atoms with Gasteiger partial charge in [0.2, 0.25) is 5.91 Å². The fourth-order valence-electron chi connectivity index (χ4n) is 2.29. The third-order valence-corrected chi connectivity index (χ3v) is 3.58. The van der Waals surface area contributed by atoms with Crippen LogP contribution in [0.1, 0.15) is 26.2 Å². The maximum absolute atomic E-state index is 11.3. The standard InChI is InChI=1S/C15H23N3O/c1-3-15(19)17-13-6-4-12(5-7-13)16-14-8-10-18(2)11-9-14/h4-7,14,16H,3,8-11H2,1-2H3,(H,17,19). The molecule has 0 radical (unpaired) electrons. The van der Waals surface area contributed by atoms with Crippen LogP contribution in [0.25, 0.3) is 0 Å². The van der Waals surface area contributed by atoms with Crippen molar-refractivity contribution in [3.63, 3.8) is 0 Å². The Hall–Kier alpha value is -1.55. The molecule has 4 nitrogen and oxygen atoms in total. The molecule has 0 spiro atoms. The van der Waals surface area contributed by atoms with Crippen LogP contribution in [-0.4, -0.2) is 37.0 Å². The molecule has 1 aromatic rings. The van der Waals surface area contributed by atoms with E-state index >= 15 is 0 Å². The van der Waals surface area contributed by atoms with Crippen molar-refractivity contribution in [1.29, 1.82) is 0 Å². The molecule has 1 fully saturated rings. The summed E-state index contributed by atoms with van der Waals surface area (Å²) < 4.78 is 0. The second kappa shape index (κ2) is 6.57. The highest BCUT2D eigenvalue weighted by Gasteiger charge is 2.15. The maximum Gasteiger partial charge on any atom is 0.224 e. The molecule has 0 aromatic heterocycles. The van der Waals surface area contributed by atoms with E-state index in [1.165, 1.54) is 12.8 Å². The van der Waals surface area contributed by atoms with Crippen molar-refractivity contribution in [2.45, 2.75) is 32.2 Å². The average molecular weight is 261 g/mol. The van der Waals surface area contributed by atoms with Gasteiger partial charge < -0.3 is 15.5 Å². The second-order valence-electron chi connectivity index (χ2n) is 5.20. The Labute approximate surface area is 115 Å². The first kappa shape index (κ1) is 13.9. The van der Waals surface area contributed by atoms with Gasteiger partial charge in [-0.05, 0) is 57.2 Å². The fourth-order valence-corrected chi connectivity index (χ4v) is 2.29. The monoisotopic (exact) mass is 261 g/mol. The number of piperidine rings is 1. The lowest BCUT2D eigenvalue weighted by molar-refractivity contribution is -0.115. The van der Waals surface area contributed by atoms with Crippen molar-refractivity contribution >= 4 is 17.3 Å². The zero-order valence-corrected chi connectivity index (χ0v) is 11.8. The molecular weight excluding hydrogens is 238 g/mol. The third-order valence-electron chi connectivity index (χ3n) is 3.58. The molecule has 1 amide bonds. The van der Waals surface area contributed by atoms with Crippen LogP contribution >= 0.6 is 0 Å². The summed E-state index contributed by atoms with van der Waals surface area (Å²) in [5.74, 6) is 0.0519. The number of anilines is 2. The van der Waals surface area contributed by atoms with Crippen LogP contribution in [-0.2, 0) is 4.79 Å². The summed E-state index contributed by atoms with van der Waals surface area (Å²) in [5.41, 5.74) is 1.99.